The van der Waals surface area contributed by atoms with Gasteiger partial charge in [-0.1, -0.05) is 52.2 Å². The molecule has 3 nitrogen and oxygen atoms in total. The molecule has 0 heterocycles. The van der Waals surface area contributed by atoms with Crippen LogP contribution in [0.25, 0.3) is 0 Å². The Labute approximate surface area is 116 Å². The number of nitrogens with one attached hydrogen (secondary N) is 1. The van der Waals surface area contributed by atoms with E-state index in [0.29, 0.717) is 11.3 Å². The van der Waals surface area contributed by atoms with E-state index in [0.717, 1.165) is 13.0 Å². The van der Waals surface area contributed by atoms with Crippen molar-refractivity contribution in [3.63, 3.8) is 0 Å². The van der Waals surface area contributed by atoms with E-state index in [1.165, 1.54) is 19.3 Å². The maximum atomic E-state index is 11.1. The number of benzene rings is 1. The van der Waals surface area contributed by atoms with E-state index in [1.807, 2.05) is 12.1 Å². The second kappa shape index (κ2) is 7.17. The Balaban J connectivity index is 2.58. The Bertz CT molecular complexity index is 413. The van der Waals surface area contributed by atoms with Crippen LogP contribution < -0.4 is 5.32 Å². The molecule has 0 aliphatic carbocycles. The molecule has 0 unspecified atom stereocenters. The summed E-state index contributed by atoms with van der Waals surface area (Å²) < 4.78 is 0. The van der Waals surface area contributed by atoms with Crippen molar-refractivity contribution in [1.29, 1.82) is 0 Å². The third-order valence-electron chi connectivity index (χ3n) is 3.37. The molecule has 0 saturated carbocycles. The Morgan fingerprint density at radius 2 is 1.95 bits per heavy atom. The molecule has 0 bridgehead atoms. The summed E-state index contributed by atoms with van der Waals surface area (Å²) in [6.45, 7) is 7.44. The number of carbonyl (C=O) groups is 1. The maximum absolute atomic E-state index is 11.1. The fourth-order valence-corrected chi connectivity index (χ4v) is 2.10. The lowest BCUT2D eigenvalue weighted by Crippen LogP contribution is -2.23. The molecule has 1 rings (SSSR count). The van der Waals surface area contributed by atoms with Gasteiger partial charge >= 0.3 is 5.97 Å². The van der Waals surface area contributed by atoms with Gasteiger partial charge in [0.2, 0.25) is 0 Å². The molecule has 19 heavy (non-hydrogen) atoms. The Morgan fingerprint density at radius 1 is 1.26 bits per heavy atom. The van der Waals surface area contributed by atoms with Crippen molar-refractivity contribution in [2.75, 3.05) is 11.9 Å². The number of anilines is 1. The zero-order valence-corrected chi connectivity index (χ0v) is 12.2. The van der Waals surface area contributed by atoms with Crippen molar-refractivity contribution in [3.05, 3.63) is 29.8 Å². The third-order valence-corrected chi connectivity index (χ3v) is 3.37. The van der Waals surface area contributed by atoms with E-state index < -0.39 is 5.97 Å². The predicted molar refractivity (Wildman–Crippen MR) is 79.8 cm³/mol. The lowest BCUT2D eigenvalue weighted by atomic mass is 9.86. The normalized spacial score (nSPS) is 11.3. The summed E-state index contributed by atoms with van der Waals surface area (Å²) in [4.78, 5) is 11.1. The second-order valence-electron chi connectivity index (χ2n) is 5.83. The first kappa shape index (κ1) is 15.5. The number of hydrogen-bond acceptors (Lipinski definition) is 2. The molecule has 1 aromatic carbocycles. The monoisotopic (exact) mass is 263 g/mol. The SMILES string of the molecule is CCCCCC(C)(C)CNc1ccccc1C(=O)O. The Kier molecular flexibility index (Phi) is 5.87. The molecule has 0 radical (unpaired) electrons. The van der Waals surface area contributed by atoms with Crippen LogP contribution in [0.2, 0.25) is 0 Å². The summed E-state index contributed by atoms with van der Waals surface area (Å²) in [5.74, 6) is -0.883. The predicted octanol–water partition coefficient (Wildman–Crippen LogP) is 4.40. The van der Waals surface area contributed by atoms with Gasteiger partial charge in [-0.05, 0) is 24.0 Å². The molecule has 1 aromatic rings. The lowest BCUT2D eigenvalue weighted by molar-refractivity contribution is 0.0698. The van der Waals surface area contributed by atoms with Gasteiger partial charge in [0.05, 0.1) is 5.56 Å². The molecule has 0 aliphatic rings. The first-order chi connectivity index (χ1) is 8.96. The number of carboxylic acids is 1. The second-order valence-corrected chi connectivity index (χ2v) is 5.83. The summed E-state index contributed by atoms with van der Waals surface area (Å²) in [6.07, 6.45) is 4.87. The number of unbranched alkanes of at least 4 members (excludes halogenated alkanes) is 2. The number of carboxylic acid groups (broad SMARTS) is 1. The van der Waals surface area contributed by atoms with E-state index >= 15 is 0 Å². The average Bonchev–Trinajstić information content (AvgIpc) is 2.37. The molecule has 3 heteroatoms. The van der Waals surface area contributed by atoms with Crippen LogP contribution >= 0.6 is 0 Å². The summed E-state index contributed by atoms with van der Waals surface area (Å²) in [5.41, 5.74) is 1.23. The van der Waals surface area contributed by atoms with Crippen molar-refractivity contribution in [2.45, 2.75) is 46.5 Å². The minimum atomic E-state index is -0.883. The Morgan fingerprint density at radius 3 is 2.58 bits per heavy atom. The molecule has 106 valence electrons. The average molecular weight is 263 g/mol. The summed E-state index contributed by atoms with van der Waals surface area (Å²) in [5, 5.41) is 12.4. The van der Waals surface area contributed by atoms with Crippen LogP contribution in [-0.2, 0) is 0 Å². The van der Waals surface area contributed by atoms with Crippen molar-refractivity contribution in [1.82, 2.24) is 0 Å². The molecule has 0 spiro atoms. The van der Waals surface area contributed by atoms with E-state index in [4.69, 9.17) is 5.11 Å². The van der Waals surface area contributed by atoms with Crippen molar-refractivity contribution in [3.8, 4) is 0 Å². The van der Waals surface area contributed by atoms with Crippen LogP contribution in [0.4, 0.5) is 5.69 Å². The highest BCUT2D eigenvalue weighted by molar-refractivity contribution is 5.94. The number of hydrogen-bond donors (Lipinski definition) is 2. The molecular formula is C16H25NO2. The molecule has 0 aromatic heterocycles. The summed E-state index contributed by atoms with van der Waals surface area (Å²) in [7, 11) is 0. The van der Waals surface area contributed by atoms with Gasteiger partial charge in [0.1, 0.15) is 0 Å². The molecular weight excluding hydrogens is 238 g/mol. The van der Waals surface area contributed by atoms with Crippen LogP contribution in [0.15, 0.2) is 24.3 Å². The zero-order chi connectivity index (χ0) is 14.3. The van der Waals surface area contributed by atoms with Crippen LogP contribution in [0.5, 0.6) is 0 Å². The fraction of sp³-hybridized carbons (Fsp3) is 0.562. The van der Waals surface area contributed by atoms with Crippen LogP contribution in [0.3, 0.4) is 0 Å². The van der Waals surface area contributed by atoms with Gasteiger partial charge in [0.25, 0.3) is 0 Å². The van der Waals surface area contributed by atoms with E-state index in [9.17, 15) is 4.79 Å². The van der Waals surface area contributed by atoms with E-state index in [1.54, 1.807) is 12.1 Å². The summed E-state index contributed by atoms with van der Waals surface area (Å²) in [6, 6.07) is 7.07. The first-order valence-corrected chi connectivity index (χ1v) is 7.02. The van der Waals surface area contributed by atoms with Crippen molar-refractivity contribution >= 4 is 11.7 Å². The van der Waals surface area contributed by atoms with Crippen molar-refractivity contribution < 1.29 is 9.90 Å². The van der Waals surface area contributed by atoms with Crippen LogP contribution in [0, 0.1) is 5.41 Å². The highest BCUT2D eigenvalue weighted by Gasteiger charge is 2.18. The molecule has 0 atom stereocenters. The molecule has 2 N–H and O–H groups in total. The van der Waals surface area contributed by atoms with E-state index in [2.05, 4.69) is 26.1 Å². The van der Waals surface area contributed by atoms with Crippen LogP contribution in [0.1, 0.15) is 56.8 Å². The first-order valence-electron chi connectivity index (χ1n) is 7.02. The van der Waals surface area contributed by atoms with Gasteiger partial charge in [-0.2, -0.15) is 0 Å². The van der Waals surface area contributed by atoms with Gasteiger partial charge in [0, 0.05) is 12.2 Å². The molecule has 0 amide bonds. The number of aromatic carboxylic acids is 1. The van der Waals surface area contributed by atoms with Gasteiger partial charge in [-0.25, -0.2) is 4.79 Å². The molecule has 0 aliphatic heterocycles. The quantitative estimate of drug-likeness (QED) is 0.683. The fourth-order valence-electron chi connectivity index (χ4n) is 2.10. The van der Waals surface area contributed by atoms with Gasteiger partial charge in [0.15, 0.2) is 0 Å². The van der Waals surface area contributed by atoms with Gasteiger partial charge in [-0.3, -0.25) is 0 Å². The third kappa shape index (κ3) is 5.33. The topological polar surface area (TPSA) is 49.3 Å². The largest absolute Gasteiger partial charge is 0.478 e. The van der Waals surface area contributed by atoms with Gasteiger partial charge < -0.3 is 10.4 Å². The van der Waals surface area contributed by atoms with Crippen molar-refractivity contribution in [2.24, 2.45) is 5.41 Å². The molecule has 0 saturated heterocycles. The minimum Gasteiger partial charge on any atom is -0.478 e. The Hall–Kier alpha value is -1.51. The summed E-state index contributed by atoms with van der Waals surface area (Å²) >= 11 is 0. The number of rotatable bonds is 8. The highest BCUT2D eigenvalue weighted by Crippen LogP contribution is 2.25. The number of para-hydroxylation sites is 1. The molecule has 0 fully saturated rings. The standard InChI is InChI=1S/C16H25NO2/c1-4-5-8-11-16(2,3)12-17-14-10-7-6-9-13(14)15(18)19/h6-7,9-10,17H,4-5,8,11-12H2,1-3H3,(H,18,19). The smallest absolute Gasteiger partial charge is 0.337 e. The van der Waals surface area contributed by atoms with Gasteiger partial charge in [-0.15, -0.1) is 0 Å². The highest BCUT2D eigenvalue weighted by atomic mass is 16.4. The van der Waals surface area contributed by atoms with Crippen LogP contribution in [-0.4, -0.2) is 17.6 Å². The zero-order valence-electron chi connectivity index (χ0n) is 12.2. The maximum Gasteiger partial charge on any atom is 0.337 e. The lowest BCUT2D eigenvalue weighted by Gasteiger charge is -2.26. The van der Waals surface area contributed by atoms with E-state index in [-0.39, 0.29) is 5.41 Å². The minimum absolute atomic E-state index is 0.181.